The second-order valence-corrected chi connectivity index (χ2v) is 5.49. The predicted molar refractivity (Wildman–Crippen MR) is 85.1 cm³/mol. The van der Waals surface area contributed by atoms with Crippen molar-refractivity contribution in [2.24, 2.45) is 0 Å². The zero-order valence-electron chi connectivity index (χ0n) is 13.1. The van der Waals surface area contributed by atoms with Crippen molar-refractivity contribution >= 4 is 17.5 Å². The van der Waals surface area contributed by atoms with Crippen molar-refractivity contribution < 1.29 is 14.3 Å². The average Bonchev–Trinajstić information content (AvgIpc) is 3.05. The molecule has 0 spiro atoms. The lowest BCUT2D eigenvalue weighted by Gasteiger charge is -2.13. The van der Waals surface area contributed by atoms with Crippen molar-refractivity contribution in [1.29, 1.82) is 0 Å². The summed E-state index contributed by atoms with van der Waals surface area (Å²) in [6.45, 7) is 1.45. The molecule has 2 amide bonds. The van der Waals surface area contributed by atoms with Gasteiger partial charge in [-0.05, 0) is 37.1 Å². The van der Waals surface area contributed by atoms with Gasteiger partial charge in [0.05, 0.1) is 0 Å². The van der Waals surface area contributed by atoms with Gasteiger partial charge in [-0.1, -0.05) is 0 Å². The number of nitrogens with one attached hydrogen (secondary N) is 2. The summed E-state index contributed by atoms with van der Waals surface area (Å²) in [6.07, 6.45) is 1.38. The molecule has 22 heavy (non-hydrogen) atoms. The van der Waals surface area contributed by atoms with Crippen LogP contribution in [0, 0.1) is 0 Å². The normalized spacial score (nSPS) is 17.1. The molecule has 6 nitrogen and oxygen atoms in total. The van der Waals surface area contributed by atoms with Crippen LogP contribution in [0.5, 0.6) is 0 Å². The van der Waals surface area contributed by atoms with E-state index in [1.54, 1.807) is 12.1 Å². The third-order valence-electron chi connectivity index (χ3n) is 3.58. The van der Waals surface area contributed by atoms with E-state index in [-0.39, 0.29) is 17.9 Å². The van der Waals surface area contributed by atoms with E-state index in [2.05, 4.69) is 10.6 Å². The molecule has 0 aliphatic carbocycles. The minimum absolute atomic E-state index is 0.0953. The van der Waals surface area contributed by atoms with Gasteiger partial charge in [0, 0.05) is 45.0 Å². The standard InChI is InChI=1S/C16H23N3O3/c1-19(2)13-7-5-12(6-8-13)15(20)17-9-10-18-16(21)14-4-3-11-22-14/h5-8,14H,3-4,9-11H2,1-2H3,(H,17,20)(H,18,21). The zero-order valence-corrected chi connectivity index (χ0v) is 13.1. The summed E-state index contributed by atoms with van der Waals surface area (Å²) in [5.41, 5.74) is 1.65. The van der Waals surface area contributed by atoms with Gasteiger partial charge in [0.15, 0.2) is 0 Å². The minimum atomic E-state index is -0.325. The lowest BCUT2D eigenvalue weighted by molar-refractivity contribution is -0.129. The van der Waals surface area contributed by atoms with Crippen LogP contribution in [0.1, 0.15) is 23.2 Å². The summed E-state index contributed by atoms with van der Waals surface area (Å²) in [6, 6.07) is 7.37. The quantitative estimate of drug-likeness (QED) is 0.762. The molecule has 2 N–H and O–H groups in total. The highest BCUT2D eigenvalue weighted by molar-refractivity contribution is 5.94. The van der Waals surface area contributed by atoms with Crippen LogP contribution >= 0.6 is 0 Å². The molecule has 0 bridgehead atoms. The van der Waals surface area contributed by atoms with E-state index in [1.807, 2.05) is 31.1 Å². The molecule has 1 aliphatic rings. The van der Waals surface area contributed by atoms with Crippen LogP contribution in [0.3, 0.4) is 0 Å². The Bertz CT molecular complexity index is 508. The van der Waals surface area contributed by atoms with E-state index in [0.29, 0.717) is 25.3 Å². The molecule has 1 atom stereocenters. The number of rotatable bonds is 6. The molecule has 6 heteroatoms. The lowest BCUT2D eigenvalue weighted by Crippen LogP contribution is -2.39. The highest BCUT2D eigenvalue weighted by Crippen LogP contribution is 2.12. The van der Waals surface area contributed by atoms with Gasteiger partial charge in [0.1, 0.15) is 6.10 Å². The number of ether oxygens (including phenoxy) is 1. The maximum absolute atomic E-state index is 12.0. The van der Waals surface area contributed by atoms with E-state index in [9.17, 15) is 9.59 Å². The Kier molecular flexibility index (Phi) is 5.77. The SMILES string of the molecule is CN(C)c1ccc(C(=O)NCCNC(=O)C2CCCO2)cc1. The maximum Gasteiger partial charge on any atom is 0.251 e. The Morgan fingerprint density at radius 3 is 2.45 bits per heavy atom. The van der Waals surface area contributed by atoms with E-state index in [4.69, 9.17) is 4.74 Å². The van der Waals surface area contributed by atoms with Gasteiger partial charge in [-0.15, -0.1) is 0 Å². The number of amides is 2. The second-order valence-electron chi connectivity index (χ2n) is 5.49. The number of benzene rings is 1. The Balaban J connectivity index is 1.70. The fourth-order valence-corrected chi connectivity index (χ4v) is 2.27. The Labute approximate surface area is 130 Å². The summed E-state index contributed by atoms with van der Waals surface area (Å²) < 4.78 is 5.29. The third-order valence-corrected chi connectivity index (χ3v) is 3.58. The first-order chi connectivity index (χ1) is 10.6. The molecule has 1 heterocycles. The van der Waals surface area contributed by atoms with Gasteiger partial charge >= 0.3 is 0 Å². The first-order valence-electron chi connectivity index (χ1n) is 7.53. The van der Waals surface area contributed by atoms with E-state index >= 15 is 0 Å². The molecule has 120 valence electrons. The topological polar surface area (TPSA) is 70.7 Å². The van der Waals surface area contributed by atoms with Crippen molar-refractivity contribution in [1.82, 2.24) is 10.6 Å². The van der Waals surface area contributed by atoms with Crippen molar-refractivity contribution in [2.45, 2.75) is 18.9 Å². The van der Waals surface area contributed by atoms with Crippen LogP contribution in [0.4, 0.5) is 5.69 Å². The van der Waals surface area contributed by atoms with E-state index in [1.165, 1.54) is 0 Å². The van der Waals surface area contributed by atoms with Crippen molar-refractivity contribution in [2.75, 3.05) is 38.7 Å². The fraction of sp³-hybridized carbons (Fsp3) is 0.500. The summed E-state index contributed by atoms with van der Waals surface area (Å²) in [5, 5.41) is 5.56. The molecule has 1 aliphatic heterocycles. The Hall–Kier alpha value is -2.08. The molecule has 1 fully saturated rings. The lowest BCUT2D eigenvalue weighted by atomic mass is 10.2. The number of nitrogens with zero attached hydrogens (tertiary/aromatic N) is 1. The fourth-order valence-electron chi connectivity index (χ4n) is 2.27. The first kappa shape index (κ1) is 16.3. The maximum atomic E-state index is 12.0. The molecule has 0 radical (unpaired) electrons. The monoisotopic (exact) mass is 305 g/mol. The minimum Gasteiger partial charge on any atom is -0.378 e. The zero-order chi connectivity index (χ0) is 15.9. The molecule has 1 aromatic carbocycles. The molecule has 2 rings (SSSR count). The number of carbonyl (C=O) groups excluding carboxylic acids is 2. The third kappa shape index (κ3) is 4.46. The smallest absolute Gasteiger partial charge is 0.251 e. The molecular formula is C16H23N3O3. The van der Waals surface area contributed by atoms with Crippen molar-refractivity contribution in [3.05, 3.63) is 29.8 Å². The number of anilines is 1. The van der Waals surface area contributed by atoms with Crippen molar-refractivity contribution in [3.8, 4) is 0 Å². The highest BCUT2D eigenvalue weighted by Gasteiger charge is 2.22. The highest BCUT2D eigenvalue weighted by atomic mass is 16.5. The van der Waals surface area contributed by atoms with Crippen LogP contribution in [0.25, 0.3) is 0 Å². The van der Waals surface area contributed by atoms with Gasteiger partial charge in [-0.3, -0.25) is 9.59 Å². The molecular weight excluding hydrogens is 282 g/mol. The Morgan fingerprint density at radius 2 is 1.86 bits per heavy atom. The second kappa shape index (κ2) is 7.79. The number of hydrogen-bond donors (Lipinski definition) is 2. The summed E-state index contributed by atoms with van der Waals surface area (Å²) in [7, 11) is 3.90. The van der Waals surface area contributed by atoms with Crippen LogP contribution < -0.4 is 15.5 Å². The summed E-state index contributed by atoms with van der Waals surface area (Å²) in [5.74, 6) is -0.237. The summed E-state index contributed by atoms with van der Waals surface area (Å²) in [4.78, 5) is 25.6. The number of carbonyl (C=O) groups is 2. The van der Waals surface area contributed by atoms with Gasteiger partial charge in [0.2, 0.25) is 5.91 Å². The van der Waals surface area contributed by atoms with E-state index < -0.39 is 0 Å². The molecule has 0 aromatic heterocycles. The van der Waals surface area contributed by atoms with Gasteiger partial charge in [-0.25, -0.2) is 0 Å². The van der Waals surface area contributed by atoms with E-state index in [0.717, 1.165) is 18.5 Å². The molecule has 0 saturated carbocycles. The van der Waals surface area contributed by atoms with Crippen molar-refractivity contribution in [3.63, 3.8) is 0 Å². The van der Waals surface area contributed by atoms with Crippen LogP contribution in [0.15, 0.2) is 24.3 Å². The number of hydrogen-bond acceptors (Lipinski definition) is 4. The molecule has 1 aromatic rings. The van der Waals surface area contributed by atoms with Crippen LogP contribution in [0.2, 0.25) is 0 Å². The largest absolute Gasteiger partial charge is 0.378 e. The predicted octanol–water partition coefficient (Wildman–Crippen LogP) is 0.778. The Morgan fingerprint density at radius 1 is 1.18 bits per heavy atom. The van der Waals surface area contributed by atoms with Crippen LogP contribution in [-0.2, 0) is 9.53 Å². The van der Waals surface area contributed by atoms with Crippen LogP contribution in [-0.4, -0.2) is 51.7 Å². The molecule has 1 saturated heterocycles. The molecule has 1 unspecified atom stereocenters. The van der Waals surface area contributed by atoms with Gasteiger partial charge in [-0.2, -0.15) is 0 Å². The summed E-state index contributed by atoms with van der Waals surface area (Å²) >= 11 is 0. The van der Waals surface area contributed by atoms with Gasteiger partial charge < -0.3 is 20.3 Å². The average molecular weight is 305 g/mol. The van der Waals surface area contributed by atoms with Gasteiger partial charge in [0.25, 0.3) is 5.91 Å². The first-order valence-corrected chi connectivity index (χ1v) is 7.53.